The van der Waals surface area contributed by atoms with Gasteiger partial charge in [-0.1, -0.05) is 26.0 Å². The maximum Gasteiger partial charge on any atom is 0.0403 e. The maximum absolute atomic E-state index is 4.22. The number of aromatic nitrogens is 1. The predicted molar refractivity (Wildman–Crippen MR) is 76.7 cm³/mol. The minimum absolute atomic E-state index is 1.06. The van der Waals surface area contributed by atoms with E-state index in [1.165, 1.54) is 5.69 Å². The molecular formula is C12H21NS2. The molecule has 0 atom stereocenters. The van der Waals surface area contributed by atoms with E-state index < -0.39 is 0 Å². The van der Waals surface area contributed by atoms with Crippen molar-refractivity contribution in [2.45, 2.75) is 33.1 Å². The molecule has 0 bridgehead atoms. The van der Waals surface area contributed by atoms with E-state index in [0.717, 1.165) is 19.3 Å². The van der Waals surface area contributed by atoms with Crippen molar-refractivity contribution in [1.82, 2.24) is 4.98 Å². The highest BCUT2D eigenvalue weighted by Crippen LogP contribution is 2.00. The van der Waals surface area contributed by atoms with Gasteiger partial charge in [0.15, 0.2) is 0 Å². The van der Waals surface area contributed by atoms with Crippen molar-refractivity contribution < 1.29 is 0 Å². The van der Waals surface area contributed by atoms with E-state index in [9.17, 15) is 0 Å². The quantitative estimate of drug-likeness (QED) is 0.346. The average Bonchev–Trinajstić information content (AvgIpc) is 2.36. The van der Waals surface area contributed by atoms with Crippen LogP contribution < -0.4 is 0 Å². The first-order valence-electron chi connectivity index (χ1n) is 5.14. The van der Waals surface area contributed by atoms with Crippen LogP contribution in [0.2, 0.25) is 0 Å². The number of hydrogen-bond acceptors (Lipinski definition) is 3. The molecule has 0 fully saturated rings. The normalized spacial score (nSPS) is 7.73. The van der Waals surface area contributed by atoms with Crippen LogP contribution in [0.15, 0.2) is 37.1 Å². The molecule has 0 saturated carbocycles. The van der Waals surface area contributed by atoms with Crippen molar-refractivity contribution in [3.63, 3.8) is 0 Å². The van der Waals surface area contributed by atoms with Gasteiger partial charge in [-0.05, 0) is 31.4 Å². The molecule has 0 unspecified atom stereocenters. The Morgan fingerprint density at radius 3 is 2.47 bits per heavy atom. The highest BCUT2D eigenvalue weighted by molar-refractivity contribution is 8.59. The van der Waals surface area contributed by atoms with E-state index in [2.05, 4.69) is 41.0 Å². The van der Waals surface area contributed by atoms with Gasteiger partial charge in [0, 0.05) is 11.9 Å². The van der Waals surface area contributed by atoms with Crippen LogP contribution in [0.25, 0.3) is 0 Å². The zero-order valence-corrected chi connectivity index (χ0v) is 11.3. The summed E-state index contributed by atoms with van der Waals surface area (Å²) in [5.74, 6) is 0. The molecule has 1 aromatic heterocycles. The van der Waals surface area contributed by atoms with Crippen LogP contribution in [-0.2, 0) is 6.42 Å². The number of pyridine rings is 1. The van der Waals surface area contributed by atoms with Crippen LogP contribution in [0.3, 0.4) is 0 Å². The minimum atomic E-state index is 1.06. The van der Waals surface area contributed by atoms with E-state index in [-0.39, 0.29) is 0 Å². The van der Waals surface area contributed by atoms with Crippen LogP contribution in [0, 0.1) is 0 Å². The fourth-order valence-electron chi connectivity index (χ4n) is 0.974. The Balaban J connectivity index is 0. The van der Waals surface area contributed by atoms with Gasteiger partial charge < -0.3 is 0 Å². The van der Waals surface area contributed by atoms with E-state index in [4.69, 9.17) is 0 Å². The lowest BCUT2D eigenvalue weighted by Crippen LogP contribution is -1.87. The monoisotopic (exact) mass is 243 g/mol. The second-order valence-electron chi connectivity index (χ2n) is 2.50. The highest BCUT2D eigenvalue weighted by Gasteiger charge is 1.89. The minimum Gasteiger partial charge on any atom is -0.261 e. The van der Waals surface area contributed by atoms with Crippen molar-refractivity contribution in [2.24, 2.45) is 0 Å². The Labute approximate surface area is 104 Å². The highest BCUT2D eigenvalue weighted by atomic mass is 33.1. The lowest BCUT2D eigenvalue weighted by molar-refractivity contribution is 0.819. The van der Waals surface area contributed by atoms with Crippen molar-refractivity contribution >= 4 is 23.3 Å². The number of aryl methyl sites for hydroxylation is 1. The van der Waals surface area contributed by atoms with Crippen molar-refractivity contribution in [2.75, 3.05) is 0 Å². The smallest absolute Gasteiger partial charge is 0.0403 e. The molecule has 0 aliphatic carbocycles. The summed E-state index contributed by atoms with van der Waals surface area (Å²) in [5, 5.41) is 0. The first-order chi connectivity index (χ1) is 7.43. The third-order valence-corrected chi connectivity index (χ3v) is 1.57. The number of nitrogens with zero attached hydrogens (tertiary/aromatic N) is 1. The van der Waals surface area contributed by atoms with Crippen LogP contribution in [-0.4, -0.2) is 4.98 Å². The summed E-state index contributed by atoms with van der Waals surface area (Å²) in [4.78, 5) is 4.22. The molecule has 1 heterocycles. The molecule has 0 amide bonds. The second kappa shape index (κ2) is 16.0. The van der Waals surface area contributed by atoms with Crippen LogP contribution in [0.4, 0.5) is 0 Å². The largest absolute Gasteiger partial charge is 0.261 e. The number of rotatable bonds is 4. The molecule has 1 aromatic rings. The van der Waals surface area contributed by atoms with E-state index in [1.807, 2.05) is 38.3 Å². The molecule has 0 aliphatic heterocycles. The fraction of sp³-hybridized carbons (Fsp3) is 0.417. The van der Waals surface area contributed by atoms with Gasteiger partial charge in [0.05, 0.1) is 0 Å². The summed E-state index contributed by atoms with van der Waals surface area (Å²) in [5.41, 5.74) is 1.18. The molecule has 3 heteroatoms. The van der Waals surface area contributed by atoms with Gasteiger partial charge in [-0.2, -0.15) is 0 Å². The molecule has 15 heavy (non-hydrogen) atoms. The van der Waals surface area contributed by atoms with Crippen LogP contribution in [0.5, 0.6) is 0 Å². The molecule has 86 valence electrons. The van der Waals surface area contributed by atoms with E-state index in [1.54, 1.807) is 0 Å². The summed E-state index contributed by atoms with van der Waals surface area (Å²) >= 11 is 6.44. The molecule has 0 aromatic carbocycles. The number of allylic oxidation sites excluding steroid dienone is 1. The molecule has 0 saturated heterocycles. The number of unbranched alkanes of at least 4 members (excludes halogenated alkanes) is 1. The maximum atomic E-state index is 4.22. The van der Waals surface area contributed by atoms with Crippen LogP contribution >= 0.6 is 23.3 Å². The molecular weight excluding hydrogens is 222 g/mol. The van der Waals surface area contributed by atoms with Gasteiger partial charge in [0.25, 0.3) is 0 Å². The van der Waals surface area contributed by atoms with Crippen LogP contribution in [0.1, 0.15) is 32.4 Å². The van der Waals surface area contributed by atoms with E-state index in [0.29, 0.717) is 0 Å². The Hall–Kier alpha value is -0.410. The third kappa shape index (κ3) is 11.5. The first-order valence-corrected chi connectivity index (χ1v) is 6.74. The summed E-state index contributed by atoms with van der Waals surface area (Å²) in [7, 11) is 0. The lowest BCUT2D eigenvalue weighted by atomic mass is 10.2. The zero-order chi connectivity index (χ0) is 11.9. The third-order valence-electron chi connectivity index (χ3n) is 1.57. The topological polar surface area (TPSA) is 12.9 Å². The Bertz CT molecular complexity index is 212. The SMILES string of the molecule is C=CCCCc1ccccn1.CC.SS. The van der Waals surface area contributed by atoms with Crippen molar-refractivity contribution in [1.29, 1.82) is 0 Å². The van der Waals surface area contributed by atoms with Gasteiger partial charge in [-0.25, -0.2) is 0 Å². The predicted octanol–water partition coefficient (Wildman–Crippen LogP) is 4.38. The molecule has 1 rings (SSSR count). The summed E-state index contributed by atoms with van der Waals surface area (Å²) < 4.78 is 0. The fourth-order valence-corrected chi connectivity index (χ4v) is 0.974. The Morgan fingerprint density at radius 1 is 1.33 bits per heavy atom. The van der Waals surface area contributed by atoms with Gasteiger partial charge in [-0.15, -0.1) is 29.9 Å². The lowest BCUT2D eigenvalue weighted by Gasteiger charge is -1.95. The summed E-state index contributed by atoms with van der Waals surface area (Å²) in [6.07, 6.45) is 7.08. The Kier molecular flexibility index (Phi) is 18.2. The van der Waals surface area contributed by atoms with Crippen molar-refractivity contribution in [3.8, 4) is 0 Å². The summed E-state index contributed by atoms with van der Waals surface area (Å²) in [6.45, 7) is 7.67. The second-order valence-corrected chi connectivity index (χ2v) is 2.50. The van der Waals surface area contributed by atoms with Gasteiger partial charge >= 0.3 is 0 Å². The molecule has 0 radical (unpaired) electrons. The van der Waals surface area contributed by atoms with Crippen molar-refractivity contribution in [3.05, 3.63) is 42.7 Å². The van der Waals surface area contributed by atoms with Gasteiger partial charge in [0.1, 0.15) is 0 Å². The standard InChI is InChI=1S/C10H13N.C2H6.H2S2/c1-2-3-4-7-10-8-5-6-9-11-10;2*1-2/h2,5-6,8-9H,1,3-4,7H2;1-2H3;1-2H. The summed E-state index contributed by atoms with van der Waals surface area (Å²) in [6, 6.07) is 6.02. The number of hydrogen-bond donors (Lipinski definition) is 2. The molecule has 0 N–H and O–H groups in total. The zero-order valence-electron chi connectivity index (χ0n) is 9.56. The Morgan fingerprint density at radius 2 is 2.00 bits per heavy atom. The molecule has 0 aliphatic rings. The molecule has 0 spiro atoms. The van der Waals surface area contributed by atoms with E-state index >= 15 is 0 Å². The van der Waals surface area contributed by atoms with Gasteiger partial charge in [0.2, 0.25) is 0 Å². The molecule has 1 nitrogen and oxygen atoms in total. The number of thiol groups is 2. The first kappa shape index (κ1) is 17.0. The van der Waals surface area contributed by atoms with Gasteiger partial charge in [-0.3, -0.25) is 4.98 Å². The average molecular weight is 243 g/mol.